The minimum absolute atomic E-state index is 0.0579. The fourth-order valence-corrected chi connectivity index (χ4v) is 5.07. The molecule has 0 unspecified atom stereocenters. The van der Waals surface area contributed by atoms with E-state index in [2.05, 4.69) is 36.1 Å². The first-order chi connectivity index (χ1) is 13.7. The number of nitrogens with one attached hydrogen (secondary N) is 1. The van der Waals surface area contributed by atoms with Gasteiger partial charge in [0.2, 0.25) is 0 Å². The topological polar surface area (TPSA) is 109 Å². The molecule has 0 atom stereocenters. The van der Waals surface area contributed by atoms with Crippen molar-refractivity contribution in [2.24, 2.45) is 5.73 Å². The number of nitrogens with two attached hydrogens (primary N) is 1. The molecule has 1 amide bonds. The first-order valence-electron chi connectivity index (χ1n) is 8.86. The molecule has 0 radical (unpaired) electrons. The molecule has 2 heterocycles. The Labute approximate surface area is 175 Å². The summed E-state index contributed by atoms with van der Waals surface area (Å²) in [5.41, 5.74) is 6.81. The van der Waals surface area contributed by atoms with E-state index in [1.165, 1.54) is 25.0 Å². The minimum atomic E-state index is -0.432. The molecular formula is C20H24N4O4Se. The van der Waals surface area contributed by atoms with Crippen molar-refractivity contribution >= 4 is 42.8 Å². The van der Waals surface area contributed by atoms with E-state index in [9.17, 15) is 4.79 Å². The number of rotatable bonds is 6. The number of primary amides is 1. The predicted molar refractivity (Wildman–Crippen MR) is 113 cm³/mol. The molecule has 0 spiro atoms. The number of ether oxygens (including phenoxy) is 3. The van der Waals surface area contributed by atoms with Crippen molar-refractivity contribution in [1.29, 1.82) is 0 Å². The van der Waals surface area contributed by atoms with Crippen LogP contribution in [-0.2, 0) is 5.41 Å². The molecule has 1 aromatic carbocycles. The first-order valence-corrected chi connectivity index (χ1v) is 10.6. The molecule has 3 rings (SSSR count). The number of hydrogen-bond donors (Lipinski definition) is 2. The van der Waals surface area contributed by atoms with Gasteiger partial charge < -0.3 is 0 Å². The van der Waals surface area contributed by atoms with Gasteiger partial charge in [0.05, 0.1) is 0 Å². The van der Waals surface area contributed by atoms with E-state index in [4.69, 9.17) is 19.9 Å². The number of fused-ring (bicyclic) bond motifs is 1. The van der Waals surface area contributed by atoms with E-state index < -0.39 is 5.91 Å². The van der Waals surface area contributed by atoms with Crippen molar-refractivity contribution in [3.63, 3.8) is 0 Å². The zero-order valence-electron chi connectivity index (χ0n) is 17.2. The van der Waals surface area contributed by atoms with Crippen molar-refractivity contribution < 1.29 is 19.0 Å². The van der Waals surface area contributed by atoms with E-state index in [1.807, 2.05) is 6.07 Å². The van der Waals surface area contributed by atoms with Crippen LogP contribution in [0.15, 0.2) is 18.5 Å². The van der Waals surface area contributed by atoms with Crippen LogP contribution in [0.25, 0.3) is 10.9 Å². The second kappa shape index (κ2) is 7.93. The number of benzene rings is 1. The summed E-state index contributed by atoms with van der Waals surface area (Å²) in [5.74, 6) is 1.46. The molecule has 0 aliphatic heterocycles. The summed E-state index contributed by atoms with van der Waals surface area (Å²) in [6.07, 6.45) is 1.43. The van der Waals surface area contributed by atoms with Gasteiger partial charge in [0.1, 0.15) is 0 Å². The Bertz CT molecular complexity index is 1070. The van der Waals surface area contributed by atoms with E-state index in [1.54, 1.807) is 13.2 Å². The average Bonchev–Trinajstić information content (AvgIpc) is 3.11. The maximum absolute atomic E-state index is 12.0. The Kier molecular flexibility index (Phi) is 5.73. The van der Waals surface area contributed by atoms with Crippen LogP contribution in [0, 0.1) is 0 Å². The Balaban J connectivity index is 2.20. The van der Waals surface area contributed by atoms with Crippen molar-refractivity contribution in [2.45, 2.75) is 26.2 Å². The third-order valence-corrected chi connectivity index (χ3v) is 7.69. The second-order valence-electron chi connectivity index (χ2n) is 7.36. The van der Waals surface area contributed by atoms with Gasteiger partial charge in [0.25, 0.3) is 0 Å². The van der Waals surface area contributed by atoms with Gasteiger partial charge >= 0.3 is 175 Å². The number of nitrogens with zero attached hydrogens (tertiary/aromatic N) is 2. The second-order valence-corrected chi connectivity index (χ2v) is 9.56. The number of carbonyl (C=O) groups is 1. The third kappa shape index (κ3) is 3.88. The van der Waals surface area contributed by atoms with Crippen LogP contribution in [0.5, 0.6) is 17.2 Å². The SMILES string of the molecule is COc1cc2c(Nc3cc(C(C)(C)C)[se]c3C(N)=O)ncnc2c(OC)c1OC. The zero-order valence-corrected chi connectivity index (χ0v) is 19.0. The number of anilines is 2. The standard InChI is InChI=1S/C20H24N4O4Se/c1-20(2,3)13-8-11(17(29-13)18(21)25)24-19-10-7-12(26-4)15(27-5)16(28-6)14(10)22-9-23-19/h7-9H,1-6H3,(H2,21,25)(H,22,23,24). The molecule has 3 aromatic rings. The van der Waals surface area contributed by atoms with Gasteiger partial charge in [0.15, 0.2) is 0 Å². The number of carbonyl (C=O) groups excluding carboxylic acids is 1. The van der Waals surface area contributed by atoms with Crippen LogP contribution in [0.2, 0.25) is 0 Å². The van der Waals surface area contributed by atoms with Gasteiger partial charge in [0, 0.05) is 0 Å². The fourth-order valence-electron chi connectivity index (χ4n) is 2.93. The number of hydrogen-bond acceptors (Lipinski definition) is 7. The number of methoxy groups -OCH3 is 3. The van der Waals surface area contributed by atoms with Crippen LogP contribution in [0.4, 0.5) is 11.5 Å². The van der Waals surface area contributed by atoms with E-state index >= 15 is 0 Å². The van der Waals surface area contributed by atoms with Crippen molar-refractivity contribution in [1.82, 2.24) is 9.97 Å². The monoisotopic (exact) mass is 464 g/mol. The summed E-state index contributed by atoms with van der Waals surface area (Å²) in [4.78, 5) is 20.8. The molecule has 154 valence electrons. The van der Waals surface area contributed by atoms with Crippen LogP contribution < -0.4 is 25.3 Å². The molecule has 0 aliphatic carbocycles. The van der Waals surface area contributed by atoms with Crippen LogP contribution in [0.1, 0.15) is 34.4 Å². The molecule has 0 saturated carbocycles. The molecule has 29 heavy (non-hydrogen) atoms. The summed E-state index contributed by atoms with van der Waals surface area (Å²) >= 11 is -0.145. The Morgan fingerprint density at radius 1 is 1.07 bits per heavy atom. The van der Waals surface area contributed by atoms with Crippen molar-refractivity contribution in [2.75, 3.05) is 26.6 Å². The van der Waals surface area contributed by atoms with E-state index in [0.29, 0.717) is 44.1 Å². The third-order valence-electron chi connectivity index (χ3n) is 4.38. The van der Waals surface area contributed by atoms with Crippen LogP contribution in [0.3, 0.4) is 0 Å². The maximum atomic E-state index is 12.0. The van der Waals surface area contributed by atoms with Crippen molar-refractivity contribution in [3.8, 4) is 17.2 Å². The Morgan fingerprint density at radius 2 is 1.76 bits per heavy atom. The summed E-state index contributed by atoms with van der Waals surface area (Å²) in [6.45, 7) is 6.35. The van der Waals surface area contributed by atoms with Gasteiger partial charge in [-0.05, 0) is 0 Å². The van der Waals surface area contributed by atoms with Crippen LogP contribution in [-0.4, -0.2) is 51.7 Å². The quantitative estimate of drug-likeness (QED) is 0.541. The van der Waals surface area contributed by atoms with Crippen molar-refractivity contribution in [3.05, 3.63) is 27.3 Å². The number of amides is 1. The van der Waals surface area contributed by atoms with E-state index in [-0.39, 0.29) is 19.9 Å². The molecule has 0 aliphatic rings. The van der Waals surface area contributed by atoms with Gasteiger partial charge in [-0.2, -0.15) is 0 Å². The summed E-state index contributed by atoms with van der Waals surface area (Å²) in [6, 6.07) is 3.77. The molecule has 3 N–H and O–H groups in total. The normalized spacial score (nSPS) is 11.4. The molecule has 2 aromatic heterocycles. The Hall–Kier alpha value is -2.77. The molecule has 8 nitrogen and oxygen atoms in total. The number of aromatic nitrogens is 2. The molecule has 0 saturated heterocycles. The molecular weight excluding hydrogens is 439 g/mol. The van der Waals surface area contributed by atoms with Crippen LogP contribution >= 0.6 is 0 Å². The van der Waals surface area contributed by atoms with Gasteiger partial charge in [-0.3, -0.25) is 0 Å². The molecule has 9 heteroatoms. The summed E-state index contributed by atoms with van der Waals surface area (Å²) in [5, 5.41) is 3.94. The Morgan fingerprint density at radius 3 is 2.31 bits per heavy atom. The first kappa shape index (κ1) is 21.0. The van der Waals surface area contributed by atoms with Gasteiger partial charge in [-0.25, -0.2) is 0 Å². The van der Waals surface area contributed by atoms with E-state index in [0.717, 1.165) is 0 Å². The predicted octanol–water partition coefficient (Wildman–Crippen LogP) is 2.85. The summed E-state index contributed by atoms with van der Waals surface area (Å²) in [7, 11) is 4.62. The van der Waals surface area contributed by atoms with Gasteiger partial charge in [-0.1, -0.05) is 0 Å². The summed E-state index contributed by atoms with van der Waals surface area (Å²) < 4.78 is 18.2. The zero-order chi connectivity index (χ0) is 21.3. The fraction of sp³-hybridized carbons (Fsp3) is 0.350. The average molecular weight is 463 g/mol. The van der Waals surface area contributed by atoms with Gasteiger partial charge in [-0.15, -0.1) is 0 Å². The molecule has 0 bridgehead atoms. The molecule has 0 fully saturated rings.